The lowest BCUT2D eigenvalue weighted by Crippen LogP contribution is -2.45. The van der Waals surface area contributed by atoms with Crippen LogP contribution in [-0.2, 0) is 22.7 Å². The van der Waals surface area contributed by atoms with Gasteiger partial charge in [-0.3, -0.25) is 15.0 Å². The molecule has 0 aliphatic carbocycles. The molecule has 1 aliphatic heterocycles. The van der Waals surface area contributed by atoms with Crippen LogP contribution in [0.15, 0.2) is 47.4 Å². The molecule has 174 valence electrons. The second-order valence-corrected chi connectivity index (χ2v) is 9.96. The first-order valence-corrected chi connectivity index (χ1v) is 11.5. The summed E-state index contributed by atoms with van der Waals surface area (Å²) in [7, 11) is -2.35. The first-order valence-electron chi connectivity index (χ1n) is 9.70. The first-order chi connectivity index (χ1) is 14.9. The summed E-state index contributed by atoms with van der Waals surface area (Å²) in [6, 6.07) is 8.43. The summed E-state index contributed by atoms with van der Waals surface area (Å²) < 4.78 is 66.0. The maximum absolute atomic E-state index is 13.0. The lowest BCUT2D eigenvalue weighted by molar-refractivity contribution is -0.387. The number of nitro groups is 1. The molecule has 2 aromatic rings. The van der Waals surface area contributed by atoms with Crippen molar-refractivity contribution in [2.75, 3.05) is 20.1 Å². The fourth-order valence-corrected chi connectivity index (χ4v) is 5.66. The van der Waals surface area contributed by atoms with Gasteiger partial charge in [-0.1, -0.05) is 29.8 Å². The number of alkyl halides is 3. The number of rotatable bonds is 6. The van der Waals surface area contributed by atoms with E-state index in [0.29, 0.717) is 18.4 Å². The Kier molecular flexibility index (Phi) is 7.13. The van der Waals surface area contributed by atoms with Crippen LogP contribution in [0.2, 0.25) is 5.02 Å². The lowest BCUT2D eigenvalue weighted by atomic mass is 10.0. The molecule has 0 atom stereocenters. The largest absolute Gasteiger partial charge is 0.416 e. The van der Waals surface area contributed by atoms with Crippen molar-refractivity contribution in [1.29, 1.82) is 0 Å². The predicted molar refractivity (Wildman–Crippen MR) is 113 cm³/mol. The summed E-state index contributed by atoms with van der Waals surface area (Å²) >= 11 is 5.86. The van der Waals surface area contributed by atoms with Gasteiger partial charge >= 0.3 is 6.18 Å². The molecular weight excluding hydrogens is 471 g/mol. The number of hydrogen-bond donors (Lipinski definition) is 0. The molecule has 1 fully saturated rings. The second-order valence-electron chi connectivity index (χ2n) is 7.62. The third-order valence-electron chi connectivity index (χ3n) is 5.47. The van der Waals surface area contributed by atoms with E-state index in [9.17, 15) is 31.7 Å². The summed E-state index contributed by atoms with van der Waals surface area (Å²) in [5.74, 6) is 0. The van der Waals surface area contributed by atoms with Crippen molar-refractivity contribution in [3.8, 4) is 0 Å². The Morgan fingerprint density at radius 1 is 1.19 bits per heavy atom. The van der Waals surface area contributed by atoms with Crippen LogP contribution in [0.5, 0.6) is 0 Å². The molecule has 3 rings (SSSR count). The Morgan fingerprint density at radius 2 is 1.84 bits per heavy atom. The minimum Gasteiger partial charge on any atom is -0.299 e. The maximum Gasteiger partial charge on any atom is 0.416 e. The molecule has 1 saturated heterocycles. The molecule has 12 heteroatoms. The summed E-state index contributed by atoms with van der Waals surface area (Å²) in [4.78, 5) is 11.9. The molecule has 0 N–H and O–H groups in total. The molecular formula is C20H21ClF3N3O4S. The van der Waals surface area contributed by atoms with Crippen LogP contribution in [-0.4, -0.2) is 48.7 Å². The monoisotopic (exact) mass is 491 g/mol. The molecule has 0 aromatic heterocycles. The van der Waals surface area contributed by atoms with E-state index in [-0.39, 0.29) is 30.7 Å². The fraction of sp³-hybridized carbons (Fsp3) is 0.400. The number of halogens is 4. The quantitative estimate of drug-likeness (QED) is 0.437. The van der Waals surface area contributed by atoms with Gasteiger partial charge in [-0.05, 0) is 43.7 Å². The smallest absolute Gasteiger partial charge is 0.299 e. The SMILES string of the molecule is CN(Cc1cccc(C(F)(F)F)c1)C1CCN(S(=O)(=O)c2cc(Cl)ccc2[N+](=O)[O-])CC1. The molecule has 7 nitrogen and oxygen atoms in total. The molecule has 1 aliphatic rings. The minimum absolute atomic E-state index is 0.0506. The van der Waals surface area contributed by atoms with Gasteiger partial charge in [-0.2, -0.15) is 17.5 Å². The highest BCUT2D eigenvalue weighted by atomic mass is 35.5. The highest BCUT2D eigenvalue weighted by Crippen LogP contribution is 2.32. The molecule has 1 heterocycles. The van der Waals surface area contributed by atoms with E-state index in [4.69, 9.17) is 11.6 Å². The Labute approximate surface area is 188 Å². The Hall–Kier alpha value is -2.21. The number of sulfonamides is 1. The van der Waals surface area contributed by atoms with Crippen LogP contribution in [0, 0.1) is 10.1 Å². The molecule has 0 unspecified atom stereocenters. The third kappa shape index (κ3) is 5.40. The minimum atomic E-state index is -4.42. The number of hydrogen-bond acceptors (Lipinski definition) is 5. The van der Waals surface area contributed by atoms with Crippen LogP contribution in [0.4, 0.5) is 18.9 Å². The zero-order valence-corrected chi connectivity index (χ0v) is 18.6. The van der Waals surface area contributed by atoms with Gasteiger partial charge in [-0.15, -0.1) is 0 Å². The van der Waals surface area contributed by atoms with Crippen molar-refractivity contribution >= 4 is 27.3 Å². The van der Waals surface area contributed by atoms with Crippen molar-refractivity contribution in [3.63, 3.8) is 0 Å². The maximum atomic E-state index is 13.0. The van der Waals surface area contributed by atoms with Gasteiger partial charge in [0, 0.05) is 36.8 Å². The average molecular weight is 492 g/mol. The van der Waals surface area contributed by atoms with Gasteiger partial charge in [0.1, 0.15) is 0 Å². The molecule has 0 saturated carbocycles. The highest BCUT2D eigenvalue weighted by molar-refractivity contribution is 7.89. The highest BCUT2D eigenvalue weighted by Gasteiger charge is 2.35. The number of nitro benzene ring substituents is 1. The Balaban J connectivity index is 1.69. The molecule has 2 aromatic carbocycles. The van der Waals surface area contributed by atoms with E-state index < -0.39 is 37.3 Å². The molecule has 32 heavy (non-hydrogen) atoms. The number of piperidine rings is 1. The zero-order chi connectivity index (χ0) is 23.7. The van der Waals surface area contributed by atoms with Gasteiger partial charge in [0.05, 0.1) is 10.5 Å². The van der Waals surface area contributed by atoms with Gasteiger partial charge in [-0.25, -0.2) is 8.42 Å². The van der Waals surface area contributed by atoms with E-state index in [2.05, 4.69) is 0 Å². The van der Waals surface area contributed by atoms with Crippen LogP contribution in [0.3, 0.4) is 0 Å². The molecule has 0 bridgehead atoms. The van der Waals surface area contributed by atoms with E-state index in [1.54, 1.807) is 13.1 Å². The normalized spacial score (nSPS) is 16.4. The van der Waals surface area contributed by atoms with Crippen molar-refractivity contribution in [3.05, 3.63) is 68.7 Å². The summed E-state index contributed by atoms with van der Waals surface area (Å²) in [6.45, 7) is 0.536. The van der Waals surface area contributed by atoms with Gasteiger partial charge in [0.2, 0.25) is 10.0 Å². The van der Waals surface area contributed by atoms with Crippen molar-refractivity contribution in [1.82, 2.24) is 9.21 Å². The summed E-state index contributed by atoms with van der Waals surface area (Å²) in [5, 5.41) is 11.3. The molecule has 0 spiro atoms. The van der Waals surface area contributed by atoms with Crippen molar-refractivity contribution in [2.45, 2.75) is 36.5 Å². The van der Waals surface area contributed by atoms with E-state index in [1.807, 2.05) is 4.90 Å². The average Bonchev–Trinajstić information content (AvgIpc) is 2.73. The topological polar surface area (TPSA) is 83.8 Å². The second kappa shape index (κ2) is 9.34. The zero-order valence-electron chi connectivity index (χ0n) is 17.0. The van der Waals surface area contributed by atoms with Crippen LogP contribution in [0.25, 0.3) is 0 Å². The van der Waals surface area contributed by atoms with E-state index in [1.165, 1.54) is 16.4 Å². The molecule has 0 amide bonds. The predicted octanol–water partition coefficient (Wildman–Crippen LogP) is 4.55. The van der Waals surface area contributed by atoms with Crippen molar-refractivity contribution < 1.29 is 26.5 Å². The van der Waals surface area contributed by atoms with Gasteiger partial charge < -0.3 is 0 Å². The van der Waals surface area contributed by atoms with Crippen LogP contribution in [0.1, 0.15) is 24.0 Å². The van der Waals surface area contributed by atoms with E-state index in [0.717, 1.165) is 24.3 Å². The van der Waals surface area contributed by atoms with Crippen LogP contribution < -0.4 is 0 Å². The summed E-state index contributed by atoms with van der Waals surface area (Å²) in [6.07, 6.45) is -3.55. The third-order valence-corrected chi connectivity index (χ3v) is 7.63. The van der Waals surface area contributed by atoms with Gasteiger partial charge in [0.25, 0.3) is 5.69 Å². The molecule has 0 radical (unpaired) electrons. The fourth-order valence-electron chi connectivity index (χ4n) is 3.77. The van der Waals surface area contributed by atoms with Crippen LogP contribution >= 0.6 is 11.6 Å². The Bertz CT molecular complexity index is 1100. The first kappa shape index (κ1) is 24.4. The van der Waals surface area contributed by atoms with E-state index >= 15 is 0 Å². The number of nitrogens with zero attached hydrogens (tertiary/aromatic N) is 3. The van der Waals surface area contributed by atoms with Crippen molar-refractivity contribution in [2.24, 2.45) is 0 Å². The number of benzene rings is 2. The summed E-state index contributed by atoms with van der Waals surface area (Å²) in [5.41, 5.74) is -0.752. The lowest BCUT2D eigenvalue weighted by Gasteiger charge is -2.36. The van der Waals surface area contributed by atoms with Gasteiger partial charge in [0.15, 0.2) is 4.90 Å². The Morgan fingerprint density at radius 3 is 2.44 bits per heavy atom. The standard InChI is InChI=1S/C20H21ClF3N3O4S/c1-25(13-14-3-2-4-15(11-14)20(22,23)24)17-7-9-26(10-8-17)32(30,31)19-12-16(21)5-6-18(19)27(28)29/h2-6,11-12,17H,7-10,13H2,1H3.